The van der Waals surface area contributed by atoms with Crippen molar-refractivity contribution >= 4 is 29.6 Å². The van der Waals surface area contributed by atoms with Gasteiger partial charge >= 0.3 is 5.97 Å². The summed E-state index contributed by atoms with van der Waals surface area (Å²) >= 11 is 0. The average Bonchev–Trinajstić information content (AvgIpc) is 3.41. The number of nitrogens with two attached hydrogens (primary N) is 3. The predicted molar refractivity (Wildman–Crippen MR) is 114 cm³/mol. The van der Waals surface area contributed by atoms with Gasteiger partial charge in [0, 0.05) is 13.1 Å². The molecule has 12 nitrogen and oxygen atoms in total. The molecule has 2 fully saturated rings. The number of unbranched alkanes of at least 4 members (excludes halogenated alkanes) is 1. The number of hydrogen-bond acceptors (Lipinski definition) is 7. The normalized spacial score (nSPS) is 22.4. The van der Waals surface area contributed by atoms with Crippen molar-refractivity contribution in [3.05, 3.63) is 0 Å². The van der Waals surface area contributed by atoms with Crippen LogP contribution in [0.3, 0.4) is 0 Å². The summed E-state index contributed by atoms with van der Waals surface area (Å²) in [5, 5.41) is 11.9. The van der Waals surface area contributed by atoms with Gasteiger partial charge in [-0.1, -0.05) is 6.42 Å². The molecule has 0 aromatic carbocycles. The molecule has 0 radical (unpaired) electrons. The van der Waals surface area contributed by atoms with Crippen LogP contribution in [-0.2, 0) is 24.0 Å². The van der Waals surface area contributed by atoms with E-state index in [4.69, 9.17) is 17.2 Å². The number of primary amides is 1. The van der Waals surface area contributed by atoms with Crippen LogP contribution in [0.1, 0.15) is 51.4 Å². The zero-order valence-corrected chi connectivity index (χ0v) is 18.2. The Balaban J connectivity index is 2.10. The third kappa shape index (κ3) is 6.39. The number of hydrogen-bond donors (Lipinski definition) is 5. The van der Waals surface area contributed by atoms with Crippen molar-refractivity contribution in [1.82, 2.24) is 15.1 Å². The standard InChI is InChI=1S/C20H34N6O6/c21-8-2-1-5-12(22)17(28)24-13(11-16(23)27)18(29)25-9-3-6-14(25)19(30)26-10-4-7-15(26)20(31)32/h12-15H,1-11,21-22H2,(H2,23,27)(H,24,28)(H,31,32). The number of aliphatic carboxylic acids is 1. The summed E-state index contributed by atoms with van der Waals surface area (Å²) < 4.78 is 0. The van der Waals surface area contributed by atoms with Crippen molar-refractivity contribution in [3.63, 3.8) is 0 Å². The largest absolute Gasteiger partial charge is 0.480 e. The number of carboxylic acid groups (broad SMARTS) is 1. The first-order valence-electron chi connectivity index (χ1n) is 11.1. The molecular weight excluding hydrogens is 420 g/mol. The fourth-order valence-electron chi connectivity index (χ4n) is 4.29. The highest BCUT2D eigenvalue weighted by molar-refractivity contribution is 5.96. The van der Waals surface area contributed by atoms with Gasteiger partial charge in [-0.05, 0) is 45.1 Å². The molecule has 0 bridgehead atoms. The van der Waals surface area contributed by atoms with E-state index in [1.807, 2.05) is 0 Å². The van der Waals surface area contributed by atoms with Crippen LogP contribution in [0, 0.1) is 0 Å². The summed E-state index contributed by atoms with van der Waals surface area (Å²) in [5.41, 5.74) is 16.6. The van der Waals surface area contributed by atoms with E-state index >= 15 is 0 Å². The molecular formula is C20H34N6O6. The lowest BCUT2D eigenvalue weighted by Crippen LogP contribution is -2.57. The smallest absolute Gasteiger partial charge is 0.326 e. The number of carboxylic acids is 1. The summed E-state index contributed by atoms with van der Waals surface area (Å²) in [6, 6.07) is -3.87. The molecule has 0 spiro atoms. The van der Waals surface area contributed by atoms with Crippen LogP contribution < -0.4 is 22.5 Å². The van der Waals surface area contributed by atoms with E-state index in [9.17, 15) is 29.1 Å². The molecule has 0 saturated carbocycles. The summed E-state index contributed by atoms with van der Waals surface area (Å²) in [4.78, 5) is 64.3. The summed E-state index contributed by atoms with van der Waals surface area (Å²) in [7, 11) is 0. The number of rotatable bonds is 11. The zero-order chi connectivity index (χ0) is 23.8. The Kier molecular flexibility index (Phi) is 9.39. The van der Waals surface area contributed by atoms with Gasteiger partial charge in [0.25, 0.3) is 0 Å². The number of amides is 4. The molecule has 2 aliphatic rings. The Morgan fingerprint density at radius 3 is 2.22 bits per heavy atom. The number of nitrogens with one attached hydrogen (secondary N) is 1. The van der Waals surface area contributed by atoms with Crippen molar-refractivity contribution in [1.29, 1.82) is 0 Å². The minimum absolute atomic E-state index is 0.258. The first kappa shape index (κ1) is 25.5. The quantitative estimate of drug-likeness (QED) is 0.218. The van der Waals surface area contributed by atoms with Crippen LogP contribution in [0.4, 0.5) is 0 Å². The fraction of sp³-hybridized carbons (Fsp3) is 0.750. The highest BCUT2D eigenvalue weighted by atomic mass is 16.4. The van der Waals surface area contributed by atoms with Gasteiger partial charge in [0.05, 0.1) is 12.5 Å². The molecule has 32 heavy (non-hydrogen) atoms. The van der Waals surface area contributed by atoms with Crippen LogP contribution in [0.5, 0.6) is 0 Å². The molecule has 8 N–H and O–H groups in total. The second kappa shape index (κ2) is 11.8. The average molecular weight is 455 g/mol. The highest BCUT2D eigenvalue weighted by Crippen LogP contribution is 2.25. The van der Waals surface area contributed by atoms with Crippen LogP contribution >= 0.6 is 0 Å². The number of likely N-dealkylation sites (tertiary alicyclic amines) is 2. The predicted octanol–water partition coefficient (Wildman–Crippen LogP) is -2.13. The lowest BCUT2D eigenvalue weighted by Gasteiger charge is -2.32. The van der Waals surface area contributed by atoms with Gasteiger partial charge in [-0.25, -0.2) is 4.79 Å². The zero-order valence-electron chi connectivity index (χ0n) is 18.2. The molecule has 2 saturated heterocycles. The van der Waals surface area contributed by atoms with Crippen LogP contribution in [0.25, 0.3) is 0 Å². The minimum atomic E-state index is -1.25. The molecule has 4 amide bonds. The maximum Gasteiger partial charge on any atom is 0.326 e. The Bertz CT molecular complexity index is 731. The maximum atomic E-state index is 13.2. The second-order valence-electron chi connectivity index (χ2n) is 8.34. The van der Waals surface area contributed by atoms with Crippen LogP contribution in [0.2, 0.25) is 0 Å². The van der Waals surface area contributed by atoms with Gasteiger partial charge in [0.15, 0.2) is 0 Å². The van der Waals surface area contributed by atoms with E-state index in [1.54, 1.807) is 0 Å². The Morgan fingerprint density at radius 2 is 1.62 bits per heavy atom. The molecule has 2 aliphatic heterocycles. The number of carbonyl (C=O) groups is 5. The van der Waals surface area contributed by atoms with Gasteiger partial charge in [-0.15, -0.1) is 0 Å². The molecule has 0 aliphatic carbocycles. The lowest BCUT2D eigenvalue weighted by molar-refractivity contribution is -0.152. The topological polar surface area (TPSA) is 202 Å². The minimum Gasteiger partial charge on any atom is -0.480 e. The van der Waals surface area contributed by atoms with E-state index in [1.165, 1.54) is 9.80 Å². The first-order chi connectivity index (χ1) is 15.2. The second-order valence-corrected chi connectivity index (χ2v) is 8.34. The molecule has 2 rings (SSSR count). The molecule has 180 valence electrons. The van der Waals surface area contributed by atoms with E-state index in [2.05, 4.69) is 5.32 Å². The Labute approximate surface area is 186 Å². The van der Waals surface area contributed by atoms with Crippen molar-refractivity contribution in [2.24, 2.45) is 17.2 Å². The Morgan fingerprint density at radius 1 is 1.00 bits per heavy atom. The van der Waals surface area contributed by atoms with Crippen molar-refractivity contribution in [3.8, 4) is 0 Å². The van der Waals surface area contributed by atoms with Crippen molar-refractivity contribution in [2.75, 3.05) is 19.6 Å². The number of nitrogens with zero attached hydrogens (tertiary/aromatic N) is 2. The van der Waals surface area contributed by atoms with Gasteiger partial charge in [-0.3, -0.25) is 19.2 Å². The molecule has 2 heterocycles. The van der Waals surface area contributed by atoms with E-state index < -0.39 is 60.2 Å². The summed E-state index contributed by atoms with van der Waals surface area (Å²) in [6.45, 7) is 1.04. The first-order valence-corrected chi connectivity index (χ1v) is 11.1. The molecule has 4 unspecified atom stereocenters. The lowest BCUT2D eigenvalue weighted by atomic mass is 10.1. The van der Waals surface area contributed by atoms with Gasteiger partial charge in [0.2, 0.25) is 23.6 Å². The summed E-state index contributed by atoms with van der Waals surface area (Å²) in [6.07, 6.45) is 3.15. The Hall–Kier alpha value is -2.73. The molecule has 0 aromatic heterocycles. The monoisotopic (exact) mass is 454 g/mol. The van der Waals surface area contributed by atoms with Gasteiger partial charge in [0.1, 0.15) is 18.1 Å². The van der Waals surface area contributed by atoms with Crippen molar-refractivity contribution < 1.29 is 29.1 Å². The van der Waals surface area contributed by atoms with Crippen LogP contribution in [0.15, 0.2) is 0 Å². The molecule has 4 atom stereocenters. The third-order valence-corrected chi connectivity index (χ3v) is 5.97. The number of carbonyl (C=O) groups excluding carboxylic acids is 4. The highest BCUT2D eigenvalue weighted by Gasteiger charge is 2.43. The van der Waals surface area contributed by atoms with Gasteiger partial charge in [-0.2, -0.15) is 0 Å². The maximum absolute atomic E-state index is 13.2. The summed E-state index contributed by atoms with van der Waals surface area (Å²) in [5.74, 6) is -3.48. The molecule has 12 heteroatoms. The molecule has 0 aromatic rings. The van der Waals surface area contributed by atoms with E-state index in [0.717, 1.165) is 0 Å². The van der Waals surface area contributed by atoms with Gasteiger partial charge < -0.3 is 37.4 Å². The van der Waals surface area contributed by atoms with E-state index in [-0.39, 0.29) is 6.54 Å². The van der Waals surface area contributed by atoms with Crippen molar-refractivity contribution in [2.45, 2.75) is 75.5 Å². The van der Waals surface area contributed by atoms with Crippen LogP contribution in [-0.4, -0.2) is 88.3 Å². The SMILES string of the molecule is NCCCCC(N)C(=O)NC(CC(N)=O)C(=O)N1CCCC1C(=O)N1CCCC1C(=O)O. The fourth-order valence-corrected chi connectivity index (χ4v) is 4.29. The van der Waals surface area contributed by atoms with E-state index in [0.29, 0.717) is 58.0 Å². The third-order valence-electron chi connectivity index (χ3n) is 5.97.